The molecule has 0 aliphatic carbocycles. The molecule has 3 rings (SSSR count). The van der Waals surface area contributed by atoms with Crippen molar-refractivity contribution in [3.63, 3.8) is 0 Å². The molecule has 0 bridgehead atoms. The van der Waals surface area contributed by atoms with Crippen LogP contribution in [0.15, 0.2) is 30.6 Å². The van der Waals surface area contributed by atoms with Crippen molar-refractivity contribution in [3.05, 3.63) is 36.2 Å². The maximum absolute atomic E-state index is 4.38. The van der Waals surface area contributed by atoms with E-state index in [-0.39, 0.29) is 0 Å². The van der Waals surface area contributed by atoms with Crippen molar-refractivity contribution in [1.82, 2.24) is 14.9 Å². The minimum Gasteiger partial charge on any atom is -0.306 e. The summed E-state index contributed by atoms with van der Waals surface area (Å²) in [7, 11) is 2.22. The van der Waals surface area contributed by atoms with Crippen LogP contribution in [0.1, 0.15) is 18.4 Å². The van der Waals surface area contributed by atoms with E-state index in [4.69, 9.17) is 0 Å². The second-order valence-electron chi connectivity index (χ2n) is 5.35. The third-order valence-electron chi connectivity index (χ3n) is 3.78. The number of fused-ring (bicyclic) bond motifs is 1. The van der Waals surface area contributed by atoms with Gasteiger partial charge in [0.25, 0.3) is 0 Å². The van der Waals surface area contributed by atoms with Crippen LogP contribution in [-0.2, 0) is 6.42 Å². The Morgan fingerprint density at radius 1 is 1.22 bits per heavy atom. The number of aromatic nitrogens is 2. The van der Waals surface area contributed by atoms with Gasteiger partial charge >= 0.3 is 0 Å². The average Bonchev–Trinajstić information content (AvgIpc) is 2.39. The highest BCUT2D eigenvalue weighted by molar-refractivity contribution is 5.74. The average molecular weight is 241 g/mol. The SMILES string of the molecule is CN1CCCC(Cc2ccc3nccnc3c2)C1. The molecule has 1 aliphatic heterocycles. The summed E-state index contributed by atoms with van der Waals surface area (Å²) in [4.78, 5) is 11.1. The molecule has 0 amide bonds. The topological polar surface area (TPSA) is 29.0 Å². The van der Waals surface area contributed by atoms with Crippen LogP contribution in [0, 0.1) is 5.92 Å². The van der Waals surface area contributed by atoms with Crippen molar-refractivity contribution >= 4 is 11.0 Å². The van der Waals surface area contributed by atoms with Gasteiger partial charge in [0, 0.05) is 18.9 Å². The number of rotatable bonds is 2. The summed E-state index contributed by atoms with van der Waals surface area (Å²) in [6, 6.07) is 6.48. The predicted molar refractivity (Wildman–Crippen MR) is 73.5 cm³/mol. The molecule has 18 heavy (non-hydrogen) atoms. The lowest BCUT2D eigenvalue weighted by atomic mass is 9.91. The van der Waals surface area contributed by atoms with E-state index in [1.807, 2.05) is 0 Å². The lowest BCUT2D eigenvalue weighted by Gasteiger charge is -2.29. The monoisotopic (exact) mass is 241 g/mol. The van der Waals surface area contributed by atoms with Gasteiger partial charge in [0.05, 0.1) is 11.0 Å². The molecule has 0 radical (unpaired) electrons. The van der Waals surface area contributed by atoms with E-state index in [0.717, 1.165) is 23.4 Å². The fourth-order valence-corrected chi connectivity index (χ4v) is 2.91. The largest absolute Gasteiger partial charge is 0.306 e. The van der Waals surface area contributed by atoms with Gasteiger partial charge in [-0.3, -0.25) is 9.97 Å². The molecule has 0 saturated carbocycles. The van der Waals surface area contributed by atoms with Crippen molar-refractivity contribution < 1.29 is 0 Å². The molecule has 1 aromatic heterocycles. The summed E-state index contributed by atoms with van der Waals surface area (Å²) in [5, 5.41) is 0. The van der Waals surface area contributed by atoms with Crippen molar-refractivity contribution in [2.45, 2.75) is 19.3 Å². The van der Waals surface area contributed by atoms with Crippen molar-refractivity contribution in [2.75, 3.05) is 20.1 Å². The van der Waals surface area contributed by atoms with Crippen molar-refractivity contribution in [2.24, 2.45) is 5.92 Å². The zero-order valence-corrected chi connectivity index (χ0v) is 10.8. The minimum atomic E-state index is 0.790. The van der Waals surface area contributed by atoms with Gasteiger partial charge in [-0.1, -0.05) is 6.07 Å². The van der Waals surface area contributed by atoms with Gasteiger partial charge in [-0.25, -0.2) is 0 Å². The normalized spacial score (nSPS) is 21.3. The lowest BCUT2D eigenvalue weighted by Crippen LogP contribution is -2.32. The molecule has 0 N–H and O–H groups in total. The third kappa shape index (κ3) is 2.51. The van der Waals surface area contributed by atoms with Crippen LogP contribution in [0.25, 0.3) is 11.0 Å². The van der Waals surface area contributed by atoms with Gasteiger partial charge in [-0.05, 0) is 56.5 Å². The van der Waals surface area contributed by atoms with Crippen LogP contribution < -0.4 is 0 Å². The molecular weight excluding hydrogens is 222 g/mol. The van der Waals surface area contributed by atoms with Crippen LogP contribution >= 0.6 is 0 Å². The fourth-order valence-electron chi connectivity index (χ4n) is 2.91. The Bertz CT molecular complexity index is 538. The maximum atomic E-state index is 4.38. The van der Waals surface area contributed by atoms with E-state index in [1.54, 1.807) is 12.4 Å². The Morgan fingerprint density at radius 3 is 2.89 bits per heavy atom. The summed E-state index contributed by atoms with van der Waals surface area (Å²) in [5.74, 6) is 0.790. The van der Waals surface area contributed by atoms with Crippen LogP contribution in [0.5, 0.6) is 0 Å². The molecule has 3 heteroatoms. The lowest BCUT2D eigenvalue weighted by molar-refractivity contribution is 0.209. The first-order valence-corrected chi connectivity index (χ1v) is 6.69. The van der Waals surface area contributed by atoms with Gasteiger partial charge < -0.3 is 4.90 Å². The number of hydrogen-bond acceptors (Lipinski definition) is 3. The Hall–Kier alpha value is -1.48. The van der Waals surface area contributed by atoms with Crippen LogP contribution in [0.3, 0.4) is 0 Å². The molecule has 0 spiro atoms. The molecule has 1 atom stereocenters. The molecule has 94 valence electrons. The summed E-state index contributed by atoms with van der Waals surface area (Å²) in [6.07, 6.45) is 7.35. The van der Waals surface area contributed by atoms with Crippen LogP contribution in [0.4, 0.5) is 0 Å². The third-order valence-corrected chi connectivity index (χ3v) is 3.78. The quantitative estimate of drug-likeness (QED) is 0.809. The number of nitrogens with zero attached hydrogens (tertiary/aromatic N) is 3. The van der Waals surface area contributed by atoms with Crippen LogP contribution in [0.2, 0.25) is 0 Å². The van der Waals surface area contributed by atoms with Crippen molar-refractivity contribution in [3.8, 4) is 0 Å². The van der Waals surface area contributed by atoms with Gasteiger partial charge in [0.2, 0.25) is 0 Å². The molecule has 1 unspecified atom stereocenters. The highest BCUT2D eigenvalue weighted by Gasteiger charge is 2.17. The Morgan fingerprint density at radius 2 is 2.06 bits per heavy atom. The maximum Gasteiger partial charge on any atom is 0.0889 e. The standard InChI is InChI=1S/C15H19N3/c1-18-8-2-3-13(11-18)9-12-4-5-14-15(10-12)17-7-6-16-14/h4-7,10,13H,2-3,8-9,11H2,1H3. The van der Waals surface area contributed by atoms with E-state index in [0.29, 0.717) is 0 Å². The molecular formula is C15H19N3. The van der Waals surface area contributed by atoms with Gasteiger partial charge in [-0.15, -0.1) is 0 Å². The molecule has 2 heterocycles. The molecule has 1 fully saturated rings. The summed E-state index contributed by atoms with van der Waals surface area (Å²) >= 11 is 0. The van der Waals surface area contributed by atoms with Crippen molar-refractivity contribution in [1.29, 1.82) is 0 Å². The zero-order valence-electron chi connectivity index (χ0n) is 10.8. The molecule has 2 aromatic rings. The van der Waals surface area contributed by atoms with Gasteiger partial charge in [-0.2, -0.15) is 0 Å². The van der Waals surface area contributed by atoms with E-state index < -0.39 is 0 Å². The first-order valence-electron chi connectivity index (χ1n) is 6.69. The highest BCUT2D eigenvalue weighted by Crippen LogP contribution is 2.21. The predicted octanol–water partition coefficient (Wildman–Crippen LogP) is 2.51. The molecule has 1 saturated heterocycles. The van der Waals surface area contributed by atoms with Gasteiger partial charge in [0.15, 0.2) is 0 Å². The number of piperidine rings is 1. The van der Waals surface area contributed by atoms with E-state index >= 15 is 0 Å². The molecule has 3 nitrogen and oxygen atoms in total. The highest BCUT2D eigenvalue weighted by atomic mass is 15.1. The summed E-state index contributed by atoms with van der Waals surface area (Å²) in [5.41, 5.74) is 3.39. The molecule has 1 aromatic carbocycles. The Kier molecular flexibility index (Phi) is 3.24. The second-order valence-corrected chi connectivity index (χ2v) is 5.35. The van der Waals surface area contributed by atoms with Gasteiger partial charge in [0.1, 0.15) is 0 Å². The smallest absolute Gasteiger partial charge is 0.0889 e. The number of benzene rings is 1. The van der Waals surface area contributed by atoms with Crippen LogP contribution in [-0.4, -0.2) is 35.0 Å². The number of hydrogen-bond donors (Lipinski definition) is 0. The Labute approximate surface area is 108 Å². The molecule has 1 aliphatic rings. The summed E-state index contributed by atoms with van der Waals surface area (Å²) < 4.78 is 0. The fraction of sp³-hybridized carbons (Fsp3) is 0.467. The minimum absolute atomic E-state index is 0.790. The van der Waals surface area contributed by atoms with E-state index in [1.165, 1.54) is 31.5 Å². The van der Waals surface area contributed by atoms with E-state index in [9.17, 15) is 0 Å². The first-order chi connectivity index (χ1) is 8.81. The summed E-state index contributed by atoms with van der Waals surface area (Å²) in [6.45, 7) is 2.47. The second kappa shape index (κ2) is 5.02. The number of likely N-dealkylation sites (tertiary alicyclic amines) is 1. The first kappa shape index (κ1) is 11.6. The zero-order chi connectivity index (χ0) is 12.4. The van der Waals surface area contributed by atoms with E-state index in [2.05, 4.69) is 40.1 Å². The Balaban J connectivity index is 1.78.